The Bertz CT molecular complexity index is 408. The van der Waals surface area contributed by atoms with Crippen LogP contribution in [0.15, 0.2) is 53.1 Å². The third kappa shape index (κ3) is 3.44. The standard InChI is InChI=1S/C14H16O3/c15-11-14(13-7-4-9-16-13)17-10-8-12-5-2-1-3-6-12/h1-7,9,14-15H,8,10-11H2. The Morgan fingerprint density at radius 3 is 2.59 bits per heavy atom. The third-order valence-electron chi connectivity index (χ3n) is 2.58. The van der Waals surface area contributed by atoms with E-state index in [4.69, 9.17) is 9.15 Å². The predicted molar refractivity (Wildman–Crippen MR) is 64.6 cm³/mol. The summed E-state index contributed by atoms with van der Waals surface area (Å²) in [6.07, 6.45) is 2.05. The lowest BCUT2D eigenvalue weighted by atomic mass is 10.2. The highest BCUT2D eigenvalue weighted by Crippen LogP contribution is 2.17. The highest BCUT2D eigenvalue weighted by atomic mass is 16.5. The van der Waals surface area contributed by atoms with Crippen LogP contribution in [0.3, 0.4) is 0 Å². The van der Waals surface area contributed by atoms with Gasteiger partial charge in [0.05, 0.1) is 19.5 Å². The molecule has 0 saturated heterocycles. The SMILES string of the molecule is OCC(OCCc1ccccc1)c1ccco1. The second-order valence-electron chi connectivity index (χ2n) is 3.79. The van der Waals surface area contributed by atoms with Gasteiger partial charge in [-0.3, -0.25) is 0 Å². The largest absolute Gasteiger partial charge is 0.466 e. The monoisotopic (exact) mass is 232 g/mol. The quantitative estimate of drug-likeness (QED) is 0.832. The molecule has 0 fully saturated rings. The van der Waals surface area contributed by atoms with Crippen LogP contribution in [0.1, 0.15) is 17.4 Å². The van der Waals surface area contributed by atoms with Crippen LogP contribution in [0, 0.1) is 0 Å². The van der Waals surface area contributed by atoms with Gasteiger partial charge < -0.3 is 14.3 Å². The van der Waals surface area contributed by atoms with Crippen molar-refractivity contribution in [2.45, 2.75) is 12.5 Å². The molecule has 0 amide bonds. The third-order valence-corrected chi connectivity index (χ3v) is 2.58. The zero-order valence-electron chi connectivity index (χ0n) is 9.58. The van der Waals surface area contributed by atoms with Crippen LogP contribution in [-0.4, -0.2) is 18.3 Å². The van der Waals surface area contributed by atoms with Gasteiger partial charge in [0, 0.05) is 0 Å². The minimum absolute atomic E-state index is 0.0672. The van der Waals surface area contributed by atoms with Crippen molar-refractivity contribution in [3.8, 4) is 0 Å². The van der Waals surface area contributed by atoms with E-state index in [0.717, 1.165) is 6.42 Å². The highest BCUT2D eigenvalue weighted by Gasteiger charge is 2.13. The molecular weight excluding hydrogens is 216 g/mol. The van der Waals surface area contributed by atoms with Crippen molar-refractivity contribution < 1.29 is 14.3 Å². The summed E-state index contributed by atoms with van der Waals surface area (Å²) in [5.41, 5.74) is 1.23. The molecule has 0 spiro atoms. The summed E-state index contributed by atoms with van der Waals surface area (Å²) in [6.45, 7) is 0.498. The van der Waals surface area contributed by atoms with E-state index in [-0.39, 0.29) is 12.7 Å². The van der Waals surface area contributed by atoms with Crippen molar-refractivity contribution in [3.63, 3.8) is 0 Å². The predicted octanol–water partition coefficient (Wildman–Crippen LogP) is 2.57. The summed E-state index contributed by atoms with van der Waals surface area (Å²) in [6, 6.07) is 13.7. The van der Waals surface area contributed by atoms with Crippen LogP contribution in [0.2, 0.25) is 0 Å². The molecule has 1 N–H and O–H groups in total. The minimum Gasteiger partial charge on any atom is -0.466 e. The van der Waals surface area contributed by atoms with E-state index in [0.29, 0.717) is 12.4 Å². The normalized spacial score (nSPS) is 12.5. The van der Waals surface area contributed by atoms with Gasteiger partial charge in [0.25, 0.3) is 0 Å². The van der Waals surface area contributed by atoms with Gasteiger partial charge in [0.2, 0.25) is 0 Å². The van der Waals surface area contributed by atoms with Crippen LogP contribution in [-0.2, 0) is 11.2 Å². The van der Waals surface area contributed by atoms with Gasteiger partial charge in [-0.25, -0.2) is 0 Å². The second-order valence-corrected chi connectivity index (χ2v) is 3.79. The maximum absolute atomic E-state index is 9.21. The number of rotatable bonds is 6. The van der Waals surface area contributed by atoms with Gasteiger partial charge in [0.15, 0.2) is 0 Å². The smallest absolute Gasteiger partial charge is 0.138 e. The van der Waals surface area contributed by atoms with Crippen LogP contribution >= 0.6 is 0 Å². The molecule has 1 unspecified atom stereocenters. The van der Waals surface area contributed by atoms with E-state index in [1.807, 2.05) is 24.3 Å². The maximum Gasteiger partial charge on any atom is 0.138 e. The van der Waals surface area contributed by atoms with Gasteiger partial charge >= 0.3 is 0 Å². The molecule has 90 valence electrons. The molecule has 0 radical (unpaired) electrons. The van der Waals surface area contributed by atoms with E-state index in [2.05, 4.69) is 12.1 Å². The number of furan rings is 1. The fourth-order valence-corrected chi connectivity index (χ4v) is 1.66. The fourth-order valence-electron chi connectivity index (χ4n) is 1.66. The lowest BCUT2D eigenvalue weighted by Gasteiger charge is -2.12. The zero-order chi connectivity index (χ0) is 11.9. The molecule has 17 heavy (non-hydrogen) atoms. The molecule has 2 aromatic rings. The van der Waals surface area contributed by atoms with Crippen LogP contribution in [0.25, 0.3) is 0 Å². The first-order valence-electron chi connectivity index (χ1n) is 5.70. The summed E-state index contributed by atoms with van der Waals surface area (Å²) in [4.78, 5) is 0. The van der Waals surface area contributed by atoms with Crippen molar-refractivity contribution in [3.05, 3.63) is 60.1 Å². The number of benzene rings is 1. The number of hydrogen-bond acceptors (Lipinski definition) is 3. The number of aliphatic hydroxyl groups excluding tert-OH is 1. The Morgan fingerprint density at radius 2 is 1.94 bits per heavy atom. The van der Waals surface area contributed by atoms with Crippen LogP contribution in [0.4, 0.5) is 0 Å². The van der Waals surface area contributed by atoms with E-state index in [9.17, 15) is 5.11 Å². The van der Waals surface area contributed by atoms with Crippen molar-refractivity contribution in [2.24, 2.45) is 0 Å². The lowest BCUT2D eigenvalue weighted by Crippen LogP contribution is -2.10. The summed E-state index contributed by atoms with van der Waals surface area (Å²) < 4.78 is 10.8. The maximum atomic E-state index is 9.21. The van der Waals surface area contributed by atoms with E-state index >= 15 is 0 Å². The minimum atomic E-state index is -0.367. The molecule has 1 heterocycles. The summed E-state index contributed by atoms with van der Waals surface area (Å²) >= 11 is 0. The summed E-state index contributed by atoms with van der Waals surface area (Å²) in [5, 5.41) is 9.21. The molecule has 1 aromatic carbocycles. The molecule has 3 nitrogen and oxygen atoms in total. The second kappa shape index (κ2) is 6.23. The first-order valence-corrected chi connectivity index (χ1v) is 5.70. The summed E-state index contributed by atoms with van der Waals surface area (Å²) in [7, 11) is 0. The molecule has 0 aliphatic heterocycles. The van der Waals surface area contributed by atoms with Gasteiger partial charge in [0.1, 0.15) is 11.9 Å². The molecule has 1 aromatic heterocycles. The summed E-state index contributed by atoms with van der Waals surface area (Å²) in [5.74, 6) is 0.667. The first kappa shape index (κ1) is 11.9. The fraction of sp³-hybridized carbons (Fsp3) is 0.286. The molecule has 1 atom stereocenters. The zero-order valence-corrected chi connectivity index (χ0v) is 9.58. The number of aliphatic hydroxyl groups is 1. The van der Waals surface area contributed by atoms with Gasteiger partial charge in [-0.05, 0) is 24.1 Å². The van der Waals surface area contributed by atoms with Crippen molar-refractivity contribution in [1.82, 2.24) is 0 Å². The average molecular weight is 232 g/mol. The Balaban J connectivity index is 1.81. The van der Waals surface area contributed by atoms with E-state index in [1.54, 1.807) is 12.3 Å². The van der Waals surface area contributed by atoms with Gasteiger partial charge in [-0.1, -0.05) is 30.3 Å². The number of ether oxygens (including phenoxy) is 1. The lowest BCUT2D eigenvalue weighted by molar-refractivity contribution is 0.000458. The molecule has 3 heteroatoms. The van der Waals surface area contributed by atoms with E-state index in [1.165, 1.54) is 5.56 Å². The van der Waals surface area contributed by atoms with Crippen LogP contribution in [0.5, 0.6) is 0 Å². The number of hydrogen-bond donors (Lipinski definition) is 1. The molecule has 0 bridgehead atoms. The van der Waals surface area contributed by atoms with Gasteiger partial charge in [-0.2, -0.15) is 0 Å². The van der Waals surface area contributed by atoms with Crippen LogP contribution < -0.4 is 0 Å². The van der Waals surface area contributed by atoms with Crippen molar-refractivity contribution in [1.29, 1.82) is 0 Å². The van der Waals surface area contributed by atoms with Crippen molar-refractivity contribution in [2.75, 3.05) is 13.2 Å². The molecule has 0 saturated carbocycles. The molecule has 0 aliphatic carbocycles. The molecule has 0 aliphatic rings. The first-order chi connectivity index (χ1) is 8.40. The Kier molecular flexibility index (Phi) is 4.36. The van der Waals surface area contributed by atoms with E-state index < -0.39 is 0 Å². The van der Waals surface area contributed by atoms with Crippen molar-refractivity contribution >= 4 is 0 Å². The molecule has 2 rings (SSSR count). The Labute approximate surface area is 101 Å². The topological polar surface area (TPSA) is 42.6 Å². The molecular formula is C14H16O3. The highest BCUT2D eigenvalue weighted by molar-refractivity contribution is 5.14. The average Bonchev–Trinajstić information content (AvgIpc) is 2.90. The Morgan fingerprint density at radius 1 is 1.12 bits per heavy atom. The Hall–Kier alpha value is -1.58. The van der Waals surface area contributed by atoms with Gasteiger partial charge in [-0.15, -0.1) is 0 Å².